The van der Waals surface area contributed by atoms with E-state index in [2.05, 4.69) is 12.2 Å². The highest BCUT2D eigenvalue weighted by Gasteiger charge is 2.21. The molecule has 16 heavy (non-hydrogen) atoms. The quantitative estimate of drug-likeness (QED) is 0.841. The maximum Gasteiger partial charge on any atom is 0.123 e. The lowest BCUT2D eigenvalue weighted by Crippen LogP contribution is -2.33. The van der Waals surface area contributed by atoms with Crippen molar-refractivity contribution in [2.45, 2.75) is 38.0 Å². The highest BCUT2D eigenvalue weighted by molar-refractivity contribution is 8.00. The van der Waals surface area contributed by atoms with Crippen molar-refractivity contribution in [3.8, 4) is 0 Å². The smallest absolute Gasteiger partial charge is 0.123 e. The number of benzene rings is 1. The van der Waals surface area contributed by atoms with Gasteiger partial charge in [0, 0.05) is 17.0 Å². The lowest BCUT2D eigenvalue weighted by molar-refractivity contribution is 0.613. The van der Waals surface area contributed by atoms with Crippen molar-refractivity contribution in [3.63, 3.8) is 0 Å². The molecule has 0 aliphatic carbocycles. The molecule has 1 aromatic rings. The number of hydrogen-bond donors (Lipinski definition) is 1. The zero-order chi connectivity index (χ0) is 11.5. The van der Waals surface area contributed by atoms with Crippen molar-refractivity contribution in [3.05, 3.63) is 29.6 Å². The van der Waals surface area contributed by atoms with Crippen molar-refractivity contribution in [2.75, 3.05) is 11.1 Å². The minimum Gasteiger partial charge on any atom is -0.381 e. The molecular weight excluding hydrogens is 221 g/mol. The predicted molar refractivity (Wildman–Crippen MR) is 69.7 cm³/mol. The second-order valence-electron chi connectivity index (χ2n) is 4.43. The number of nitrogens with one attached hydrogen (secondary N) is 1. The van der Waals surface area contributed by atoms with Crippen molar-refractivity contribution in [1.29, 1.82) is 0 Å². The van der Waals surface area contributed by atoms with Crippen LogP contribution in [0, 0.1) is 12.7 Å². The Balaban J connectivity index is 2.07. The van der Waals surface area contributed by atoms with E-state index >= 15 is 0 Å². The minimum atomic E-state index is -0.158. The van der Waals surface area contributed by atoms with Gasteiger partial charge in [-0.25, -0.2) is 4.39 Å². The minimum absolute atomic E-state index is 0.158. The highest BCUT2D eigenvalue weighted by atomic mass is 32.2. The fraction of sp³-hybridized carbons (Fsp3) is 0.538. The van der Waals surface area contributed by atoms with Gasteiger partial charge < -0.3 is 5.32 Å². The van der Waals surface area contributed by atoms with Gasteiger partial charge in [0.25, 0.3) is 0 Å². The first-order valence-corrected chi connectivity index (χ1v) is 6.86. The van der Waals surface area contributed by atoms with E-state index in [0.717, 1.165) is 11.3 Å². The van der Waals surface area contributed by atoms with E-state index in [1.54, 1.807) is 6.07 Å². The molecule has 0 amide bonds. The topological polar surface area (TPSA) is 12.0 Å². The molecule has 88 valence electrons. The Kier molecular flexibility index (Phi) is 3.74. The molecule has 1 fully saturated rings. The molecule has 1 saturated heterocycles. The summed E-state index contributed by atoms with van der Waals surface area (Å²) in [6.45, 7) is 4.21. The zero-order valence-electron chi connectivity index (χ0n) is 9.79. The van der Waals surface area contributed by atoms with E-state index in [1.807, 2.05) is 24.8 Å². The number of rotatable bonds is 2. The maximum atomic E-state index is 13.0. The standard InChI is InChI=1S/C13H18FNS/c1-9-8-11(14)5-6-12(9)15-13-4-3-7-16-10(13)2/h5-6,8,10,13,15H,3-4,7H2,1-2H3. The molecule has 2 atom stereocenters. The van der Waals surface area contributed by atoms with Gasteiger partial charge in [0.1, 0.15) is 5.82 Å². The van der Waals surface area contributed by atoms with E-state index in [-0.39, 0.29) is 5.82 Å². The van der Waals surface area contributed by atoms with Crippen LogP contribution in [0.4, 0.5) is 10.1 Å². The van der Waals surface area contributed by atoms with Crippen LogP contribution < -0.4 is 5.32 Å². The molecule has 0 bridgehead atoms. The molecule has 1 aromatic carbocycles. The summed E-state index contributed by atoms with van der Waals surface area (Å²) in [5, 5.41) is 4.18. The second kappa shape index (κ2) is 5.09. The molecule has 1 nitrogen and oxygen atoms in total. The van der Waals surface area contributed by atoms with E-state index in [1.165, 1.54) is 24.7 Å². The fourth-order valence-electron chi connectivity index (χ4n) is 2.10. The molecule has 0 saturated carbocycles. The number of aryl methyl sites for hydroxylation is 1. The van der Waals surface area contributed by atoms with Gasteiger partial charge in [0.05, 0.1) is 0 Å². The van der Waals surface area contributed by atoms with E-state index in [9.17, 15) is 4.39 Å². The first-order valence-electron chi connectivity index (χ1n) is 5.81. The van der Waals surface area contributed by atoms with Gasteiger partial charge in [-0.05, 0) is 49.3 Å². The van der Waals surface area contributed by atoms with Gasteiger partial charge in [0.2, 0.25) is 0 Å². The van der Waals surface area contributed by atoms with Crippen molar-refractivity contribution in [2.24, 2.45) is 0 Å². The Morgan fingerprint density at radius 3 is 2.94 bits per heavy atom. The SMILES string of the molecule is Cc1cc(F)ccc1NC1CCCSC1C. The van der Waals surface area contributed by atoms with E-state index in [0.29, 0.717) is 11.3 Å². The Morgan fingerprint density at radius 2 is 2.25 bits per heavy atom. The Morgan fingerprint density at radius 1 is 1.44 bits per heavy atom. The molecule has 0 radical (unpaired) electrons. The number of halogens is 1. The third kappa shape index (κ3) is 2.70. The van der Waals surface area contributed by atoms with Crippen molar-refractivity contribution in [1.82, 2.24) is 0 Å². The lowest BCUT2D eigenvalue weighted by Gasteiger charge is -2.30. The van der Waals surface area contributed by atoms with Gasteiger partial charge >= 0.3 is 0 Å². The molecule has 1 aliphatic rings. The number of hydrogen-bond acceptors (Lipinski definition) is 2. The van der Waals surface area contributed by atoms with Crippen molar-refractivity contribution >= 4 is 17.4 Å². The summed E-state index contributed by atoms with van der Waals surface area (Å²) in [6, 6.07) is 5.47. The maximum absolute atomic E-state index is 13.0. The summed E-state index contributed by atoms with van der Waals surface area (Å²) < 4.78 is 13.0. The molecule has 3 heteroatoms. The Labute approximate surface area is 101 Å². The molecule has 2 unspecified atom stereocenters. The van der Waals surface area contributed by atoms with Crippen LogP contribution in [-0.4, -0.2) is 17.0 Å². The summed E-state index contributed by atoms with van der Waals surface area (Å²) in [5.41, 5.74) is 2.06. The van der Waals surface area contributed by atoms with Gasteiger partial charge in [-0.3, -0.25) is 0 Å². The monoisotopic (exact) mass is 239 g/mol. The van der Waals surface area contributed by atoms with E-state index in [4.69, 9.17) is 0 Å². The third-order valence-electron chi connectivity index (χ3n) is 3.14. The first-order chi connectivity index (χ1) is 7.66. The summed E-state index contributed by atoms with van der Waals surface area (Å²) in [7, 11) is 0. The normalized spacial score (nSPS) is 25.4. The average Bonchev–Trinajstić information content (AvgIpc) is 2.25. The van der Waals surface area contributed by atoms with Crippen molar-refractivity contribution < 1.29 is 4.39 Å². The molecule has 0 spiro atoms. The summed E-state index contributed by atoms with van der Waals surface area (Å²) in [6.07, 6.45) is 2.48. The van der Waals surface area contributed by atoms with Crippen LogP contribution in [0.15, 0.2) is 18.2 Å². The summed E-state index contributed by atoms with van der Waals surface area (Å²) in [5.74, 6) is 1.11. The van der Waals surface area contributed by atoms with Gasteiger partial charge in [-0.15, -0.1) is 0 Å². The highest BCUT2D eigenvalue weighted by Crippen LogP contribution is 2.28. The molecule has 0 aromatic heterocycles. The first kappa shape index (κ1) is 11.8. The second-order valence-corrected chi connectivity index (χ2v) is 5.91. The average molecular weight is 239 g/mol. The Hall–Kier alpha value is -0.700. The van der Waals surface area contributed by atoms with Gasteiger partial charge in [-0.1, -0.05) is 6.92 Å². The molecule has 1 aliphatic heterocycles. The number of anilines is 1. The van der Waals surface area contributed by atoms with Crippen LogP contribution in [0.1, 0.15) is 25.3 Å². The molecule has 1 N–H and O–H groups in total. The van der Waals surface area contributed by atoms with Crippen LogP contribution in [0.5, 0.6) is 0 Å². The summed E-state index contributed by atoms with van der Waals surface area (Å²) >= 11 is 2.02. The zero-order valence-corrected chi connectivity index (χ0v) is 10.6. The van der Waals surface area contributed by atoms with E-state index < -0.39 is 0 Å². The fourth-order valence-corrected chi connectivity index (χ4v) is 3.24. The summed E-state index contributed by atoms with van der Waals surface area (Å²) in [4.78, 5) is 0. The molecular formula is C13H18FNS. The predicted octanol–water partition coefficient (Wildman–Crippen LogP) is 3.83. The largest absolute Gasteiger partial charge is 0.381 e. The molecule has 2 rings (SSSR count). The van der Waals surface area contributed by atoms with Gasteiger partial charge in [0.15, 0.2) is 0 Å². The van der Waals surface area contributed by atoms with Crippen LogP contribution in [0.2, 0.25) is 0 Å². The van der Waals surface area contributed by atoms with Crippen LogP contribution in [0.25, 0.3) is 0 Å². The van der Waals surface area contributed by atoms with Gasteiger partial charge in [-0.2, -0.15) is 11.8 Å². The van der Waals surface area contributed by atoms with Crippen LogP contribution in [0.3, 0.4) is 0 Å². The number of thioether (sulfide) groups is 1. The Bertz CT molecular complexity index is 367. The lowest BCUT2D eigenvalue weighted by atomic mass is 10.1. The molecule has 1 heterocycles. The van der Waals surface area contributed by atoms with Crippen LogP contribution in [-0.2, 0) is 0 Å². The van der Waals surface area contributed by atoms with Crippen LogP contribution >= 0.6 is 11.8 Å². The third-order valence-corrected chi connectivity index (χ3v) is 4.51.